The van der Waals surface area contributed by atoms with Gasteiger partial charge in [0, 0.05) is 90.5 Å². The summed E-state index contributed by atoms with van der Waals surface area (Å²) in [6, 6.07) is 92.5. The van der Waals surface area contributed by atoms with Crippen LogP contribution in [0.1, 0.15) is 33.4 Å². The number of pyridine rings is 7. The number of benzene rings is 8. The van der Waals surface area contributed by atoms with Crippen LogP contribution in [-0.4, -0.2) is 96.0 Å². The van der Waals surface area contributed by atoms with Crippen LogP contribution in [-0.2, 0) is 21.1 Å². The molecule has 1 N–H and O–H groups in total. The van der Waals surface area contributed by atoms with Crippen LogP contribution < -0.4 is 45.6 Å². The normalized spacial score (nSPS) is 11.4. The molecule has 0 spiro atoms. The zero-order valence-electron chi connectivity index (χ0n) is 79.8. The topological polar surface area (TPSA) is 126 Å². The van der Waals surface area contributed by atoms with E-state index in [4.69, 9.17) is 25.0 Å². The van der Waals surface area contributed by atoms with Crippen LogP contribution in [0.2, 0.25) is 118 Å². The van der Waals surface area contributed by atoms with Crippen LogP contribution in [0.3, 0.4) is 0 Å². The van der Waals surface area contributed by atoms with Crippen molar-refractivity contribution in [1.82, 2.24) is 34.9 Å². The molecule has 15 rings (SSSR count). The molecule has 24 heteroatoms. The van der Waals surface area contributed by atoms with Crippen LogP contribution in [0.15, 0.2) is 309 Å². The van der Waals surface area contributed by atoms with Crippen molar-refractivity contribution in [2.75, 3.05) is 9.80 Å². The van der Waals surface area contributed by atoms with E-state index in [1.165, 1.54) is 75.8 Å². The number of aromatic nitrogens is 7. The van der Waals surface area contributed by atoms with Gasteiger partial charge < -0.3 is 29.4 Å². The van der Waals surface area contributed by atoms with Gasteiger partial charge in [0.1, 0.15) is 15.0 Å². The number of anilines is 6. The van der Waals surface area contributed by atoms with Crippen LogP contribution in [0, 0.1) is 53.7 Å². The minimum atomic E-state index is -1.49. The maximum atomic E-state index is 8.25. The van der Waals surface area contributed by atoms with Gasteiger partial charge in [-0.25, -0.2) is 9.97 Å². The monoisotopic (exact) mass is 2330 g/mol. The molecule has 0 aliphatic rings. The molecule has 11 nitrogen and oxygen atoms in total. The largest absolute Gasteiger partial charge is 2.00 e. The van der Waals surface area contributed by atoms with Gasteiger partial charge in [-0.15, -0.1) is 59.7 Å². The first-order valence-corrected chi connectivity index (χ1v) is 68.6. The van der Waals surface area contributed by atoms with Gasteiger partial charge in [0.15, 0.2) is 0 Å². The molecule has 0 atom stereocenters. The quantitative estimate of drug-likeness (QED) is 0.0472. The fourth-order valence-corrected chi connectivity index (χ4v) is 23.9. The molecule has 0 saturated heterocycles. The Morgan fingerprint density at radius 2 is 0.580 bits per heavy atom. The smallest absolute Gasteiger partial charge is 0.537 e. The third kappa shape index (κ3) is 31.1. The van der Waals surface area contributed by atoms with Gasteiger partial charge >= 0.3 is 28.8 Å². The van der Waals surface area contributed by atoms with Gasteiger partial charge in [-0.05, 0) is 246 Å². The van der Waals surface area contributed by atoms with Gasteiger partial charge in [0.25, 0.3) is 0 Å². The molecule has 15 aromatic rings. The van der Waals surface area contributed by atoms with Crippen molar-refractivity contribution in [2.24, 2.45) is 0 Å². The Hall–Kier alpha value is -8.38. The Morgan fingerprint density at radius 3 is 0.901 bits per heavy atom. The average Bonchev–Trinajstić information content (AvgIpc) is 0.770. The Labute approximate surface area is 843 Å². The standard InChI is InChI=1S/C37H43N3Si2.C37H41N3Si2.C14H16BrNSi.C8H12BrNSi.C6H5BBrO2.C5H3Br2N.Pt/c2*1-26-20-27(2)37(28(3)21-26)40(31-14-10-12-29(22-31)35-24-33(16-18-38-35)41(4,5)6)32-15-11-13-30(23-32)36-25-34(17-19-39-36)42(7,8)9;1-17(2,3)13-7-8-16-14(10-13)11-5-4-6-12(15)9-11;1-11(2,3)7-4-5-10-8(9)6-7;8-5-2-1-3-6(4-5)10-7-9;6-4-1-2-8-5(7)3-4;/h10-25H,1-9H3;10-21,24-25H,1-9H3;4-10H,1-3H3;4-6H,1-3H3;1-4,9H;1-3H;/q;-2;;;;;+2. The van der Waals surface area contributed by atoms with E-state index in [-0.39, 0.29) is 21.1 Å². The molecule has 1 radical (unpaired) electrons. The molecule has 7 heterocycles. The van der Waals surface area contributed by atoms with E-state index in [9.17, 15) is 0 Å². The number of hydrogen-bond acceptors (Lipinski definition) is 11. The maximum Gasteiger partial charge on any atom is 2.00 e. The van der Waals surface area contributed by atoms with Crippen molar-refractivity contribution in [3.05, 3.63) is 354 Å². The Morgan fingerprint density at radius 1 is 0.290 bits per heavy atom. The van der Waals surface area contributed by atoms with Gasteiger partial charge in [0.2, 0.25) is 0 Å². The zero-order valence-corrected chi connectivity index (χ0v) is 96.0. The Bertz CT molecular complexity index is 5870. The molecule has 0 unspecified atom stereocenters. The van der Waals surface area contributed by atoms with Crippen molar-refractivity contribution < 1.29 is 30.7 Å². The molecule has 131 heavy (non-hydrogen) atoms. The second-order valence-corrected chi connectivity index (χ2v) is 73.5. The maximum absolute atomic E-state index is 8.25. The zero-order chi connectivity index (χ0) is 94.8. The number of aryl methyl sites for hydroxylation is 6. The predicted octanol–water partition coefficient (Wildman–Crippen LogP) is 28.6. The van der Waals surface area contributed by atoms with Crippen LogP contribution in [0.4, 0.5) is 34.1 Å². The minimum Gasteiger partial charge on any atom is -0.537 e. The molecule has 7 aromatic heterocycles. The first-order chi connectivity index (χ1) is 61.2. The fourth-order valence-electron chi connectivity index (χ4n) is 14.7. The summed E-state index contributed by atoms with van der Waals surface area (Å²) in [6.07, 6.45) is 13.3. The van der Waals surface area contributed by atoms with Crippen molar-refractivity contribution in [1.29, 1.82) is 0 Å². The number of halogens is 5. The summed E-state index contributed by atoms with van der Waals surface area (Å²) in [7, 11) is -7.65. The summed E-state index contributed by atoms with van der Waals surface area (Å²) in [5.74, 6) is 0.608. The fraction of sp³-hybridized carbons (Fsp3) is 0.224. The number of rotatable bonds is 19. The summed E-state index contributed by atoms with van der Waals surface area (Å²) in [5.41, 5.74) is 24.4. The molecular formula is C107H120BBr5N9O2PtSi6. The van der Waals surface area contributed by atoms with Crippen molar-refractivity contribution >= 4 is 201 Å². The van der Waals surface area contributed by atoms with Crippen molar-refractivity contribution in [3.63, 3.8) is 0 Å². The Balaban J connectivity index is 0.000000199. The van der Waals surface area contributed by atoms with Crippen LogP contribution >= 0.6 is 79.6 Å². The van der Waals surface area contributed by atoms with Gasteiger partial charge in [0.05, 0.1) is 71.2 Å². The summed E-state index contributed by atoms with van der Waals surface area (Å²) < 4.78 is 9.54. The van der Waals surface area contributed by atoms with E-state index >= 15 is 0 Å². The first-order valence-electron chi connectivity index (χ1n) is 43.6. The molecular weight excluding hydrogens is 2220 g/mol. The predicted molar refractivity (Wildman–Crippen MR) is 591 cm³/mol. The van der Waals surface area contributed by atoms with E-state index in [2.05, 4.69) is 475 Å². The molecule has 0 aliphatic heterocycles. The van der Waals surface area contributed by atoms with E-state index in [0.29, 0.717) is 13.4 Å². The molecule has 0 saturated carbocycles. The third-order valence-corrected chi connectivity index (χ3v) is 36.2. The second kappa shape index (κ2) is 47.2. The summed E-state index contributed by atoms with van der Waals surface area (Å²) in [6.45, 7) is 55.7. The van der Waals surface area contributed by atoms with E-state index in [1.54, 1.807) is 18.3 Å². The molecule has 0 bridgehead atoms. The molecule has 677 valence electrons. The second-order valence-electron chi connectivity index (χ2n) is 38.7. The number of hydrogen-bond donors (Lipinski definition) is 1. The average molecular weight is 2340 g/mol. The van der Waals surface area contributed by atoms with Crippen LogP contribution in [0.5, 0.6) is 5.75 Å². The molecule has 0 fully saturated rings. The molecule has 0 amide bonds. The first kappa shape index (κ1) is 106. The van der Waals surface area contributed by atoms with Crippen molar-refractivity contribution in [3.8, 4) is 62.0 Å². The van der Waals surface area contributed by atoms with E-state index in [1.807, 2.05) is 73.6 Å². The summed E-state index contributed by atoms with van der Waals surface area (Å²) in [5, 5.41) is 16.8. The summed E-state index contributed by atoms with van der Waals surface area (Å²) in [4.78, 5) is 36.3. The van der Waals surface area contributed by atoms with Gasteiger partial charge in [-0.2, -0.15) is 0 Å². The van der Waals surface area contributed by atoms with Gasteiger partial charge in [-0.1, -0.05) is 287 Å². The van der Waals surface area contributed by atoms with Gasteiger partial charge in [-0.3, -0.25) is 15.0 Å². The van der Waals surface area contributed by atoms with Crippen molar-refractivity contribution in [2.45, 2.75) is 159 Å². The molecule has 8 aromatic carbocycles. The van der Waals surface area contributed by atoms with Crippen LogP contribution in [0.25, 0.3) is 56.3 Å². The summed E-state index contributed by atoms with van der Waals surface area (Å²) >= 11 is 16.6. The molecule has 0 aliphatic carbocycles. The third-order valence-electron chi connectivity index (χ3n) is 21.6. The minimum absolute atomic E-state index is 0. The number of nitrogens with zero attached hydrogens (tertiary/aromatic N) is 9. The SMILES string of the molecule is Brc1ccnc(Br)c1.C[Si](C)(C)c1ccnc(-c2cccc(Br)c2)c1.C[Si](C)(C)c1ccnc(Br)c1.Cc1cc(C)c(N(c2[c-]c(-c3cc([Si](C)(C)C)ccn3)ccc2)c2[c-]c(-c3cc([Si](C)(C)C)ccn3)ccc2)c(C)c1.Cc1cc(C)c(N(c2cccc(-c3cc([Si](C)(C)C)ccn3)c2)c2cccc(-c3cc([Si](C)(C)C)ccn3)c2)c(C)c1.O[B]Oc1cccc(Br)c1.[Pt+2]. The Kier molecular flexibility index (Phi) is 38.3. The van der Waals surface area contributed by atoms with E-state index in [0.717, 1.165) is 102 Å². The van der Waals surface area contributed by atoms with E-state index < -0.39 is 48.4 Å².